The van der Waals surface area contributed by atoms with E-state index in [0.29, 0.717) is 11.6 Å². The molecule has 1 heterocycles. The van der Waals surface area contributed by atoms with E-state index in [2.05, 4.69) is 10.3 Å². The number of urea groups is 1. The highest BCUT2D eigenvalue weighted by Gasteiger charge is 2.28. The van der Waals surface area contributed by atoms with Crippen LogP contribution in [0.25, 0.3) is 0 Å². The molecule has 1 aliphatic heterocycles. The van der Waals surface area contributed by atoms with Crippen LogP contribution in [0.2, 0.25) is 5.02 Å². The minimum absolute atomic E-state index is 0.179. The fourth-order valence-corrected chi connectivity index (χ4v) is 1.70. The molecule has 2 rings (SSSR count). The van der Waals surface area contributed by atoms with E-state index in [0.717, 1.165) is 5.69 Å². The van der Waals surface area contributed by atoms with Crippen molar-refractivity contribution in [1.29, 1.82) is 0 Å². The van der Waals surface area contributed by atoms with Gasteiger partial charge in [-0.15, -0.1) is 0 Å². The second-order valence-corrected chi connectivity index (χ2v) is 5.06. The maximum Gasteiger partial charge on any atom is 0.327 e. The lowest BCUT2D eigenvalue weighted by Crippen LogP contribution is -2.36. The van der Waals surface area contributed by atoms with Gasteiger partial charge in [0.1, 0.15) is 0 Å². The quantitative estimate of drug-likeness (QED) is 0.819. The van der Waals surface area contributed by atoms with Gasteiger partial charge in [-0.1, -0.05) is 11.6 Å². The Kier molecular flexibility index (Phi) is 3.07. The second kappa shape index (κ2) is 4.37. The molecule has 2 amide bonds. The van der Waals surface area contributed by atoms with Gasteiger partial charge in [0.15, 0.2) is 0 Å². The average Bonchev–Trinajstić information content (AvgIpc) is 2.62. The molecule has 0 saturated heterocycles. The first kappa shape index (κ1) is 11.9. The van der Waals surface area contributed by atoms with E-state index in [4.69, 9.17) is 11.6 Å². The fourth-order valence-electron chi connectivity index (χ4n) is 1.58. The number of rotatable bonds is 1. The Morgan fingerprint density at radius 2 is 2.06 bits per heavy atom. The fraction of sp³-hybridized carbons (Fsp3) is 0.333. The van der Waals surface area contributed by atoms with E-state index >= 15 is 0 Å². The summed E-state index contributed by atoms with van der Waals surface area (Å²) in [5.74, 6) is 0. The number of hydrogen-bond donors (Lipinski definition) is 1. The van der Waals surface area contributed by atoms with Crippen molar-refractivity contribution in [3.8, 4) is 0 Å². The molecule has 1 N–H and O–H groups in total. The summed E-state index contributed by atoms with van der Waals surface area (Å²) < 4.78 is 0. The first-order valence-electron chi connectivity index (χ1n) is 5.35. The van der Waals surface area contributed by atoms with Gasteiger partial charge in [-0.3, -0.25) is 9.89 Å². The van der Waals surface area contributed by atoms with Gasteiger partial charge >= 0.3 is 6.03 Å². The second-order valence-electron chi connectivity index (χ2n) is 4.62. The minimum Gasteiger partial charge on any atom is -0.308 e. The van der Waals surface area contributed by atoms with Crippen LogP contribution in [0.5, 0.6) is 0 Å². The topological polar surface area (TPSA) is 44.7 Å². The summed E-state index contributed by atoms with van der Waals surface area (Å²) in [6.45, 7) is 4.56. The molecule has 0 aromatic heterocycles. The lowest BCUT2D eigenvalue weighted by Gasteiger charge is -2.18. The highest BCUT2D eigenvalue weighted by Crippen LogP contribution is 2.18. The number of nitrogens with zero attached hydrogens (tertiary/aromatic N) is 2. The Morgan fingerprint density at radius 1 is 1.41 bits per heavy atom. The number of carbonyl (C=O) groups is 1. The van der Waals surface area contributed by atoms with Crippen molar-refractivity contribution in [1.82, 2.24) is 4.90 Å². The summed E-state index contributed by atoms with van der Waals surface area (Å²) in [6, 6.07) is 6.82. The predicted octanol–water partition coefficient (Wildman–Crippen LogP) is 2.99. The lowest BCUT2D eigenvalue weighted by atomic mass is 10.1. The highest BCUT2D eigenvalue weighted by molar-refractivity contribution is 6.30. The Hall–Kier alpha value is -1.55. The third kappa shape index (κ3) is 2.97. The van der Waals surface area contributed by atoms with Gasteiger partial charge in [0.25, 0.3) is 0 Å². The molecule has 0 fully saturated rings. The van der Waals surface area contributed by atoms with Gasteiger partial charge in [0, 0.05) is 10.7 Å². The Bertz CT molecular complexity index is 453. The SMILES string of the molecule is CC1(C)CN(C(=O)Nc2ccc(Cl)cc2)C=N1. The van der Waals surface area contributed by atoms with Crippen molar-refractivity contribution in [3.63, 3.8) is 0 Å². The number of hydrogen-bond acceptors (Lipinski definition) is 2. The van der Waals surface area contributed by atoms with Crippen molar-refractivity contribution >= 4 is 29.7 Å². The van der Waals surface area contributed by atoms with Gasteiger partial charge < -0.3 is 5.32 Å². The van der Waals surface area contributed by atoms with Gasteiger partial charge in [0.2, 0.25) is 0 Å². The summed E-state index contributed by atoms with van der Waals surface area (Å²) >= 11 is 5.77. The van der Waals surface area contributed by atoms with E-state index in [-0.39, 0.29) is 11.6 Å². The molecule has 0 unspecified atom stereocenters. The van der Waals surface area contributed by atoms with E-state index in [1.54, 1.807) is 35.5 Å². The van der Waals surface area contributed by atoms with Crippen LogP contribution in [0.15, 0.2) is 29.3 Å². The standard InChI is InChI=1S/C12H14ClN3O/c1-12(2)7-16(8-14-12)11(17)15-10-5-3-9(13)4-6-10/h3-6,8H,7H2,1-2H3,(H,15,17). The van der Waals surface area contributed by atoms with Crippen molar-refractivity contribution in [2.75, 3.05) is 11.9 Å². The number of aliphatic imine (C=N–C) groups is 1. The summed E-state index contributed by atoms with van der Waals surface area (Å²) in [4.78, 5) is 17.7. The number of amides is 2. The Morgan fingerprint density at radius 3 is 2.59 bits per heavy atom. The van der Waals surface area contributed by atoms with E-state index in [1.807, 2.05) is 13.8 Å². The average molecular weight is 252 g/mol. The third-order valence-corrected chi connectivity index (χ3v) is 2.71. The zero-order valence-corrected chi connectivity index (χ0v) is 10.5. The molecule has 0 radical (unpaired) electrons. The molecule has 1 aromatic carbocycles. The molecule has 0 spiro atoms. The van der Waals surface area contributed by atoms with Crippen LogP contribution in [0.3, 0.4) is 0 Å². The van der Waals surface area contributed by atoms with Crippen molar-refractivity contribution in [2.45, 2.75) is 19.4 Å². The summed E-state index contributed by atoms with van der Waals surface area (Å²) in [5.41, 5.74) is 0.523. The maximum atomic E-state index is 11.9. The van der Waals surface area contributed by atoms with E-state index in [1.165, 1.54) is 0 Å². The molecule has 0 bridgehead atoms. The zero-order chi connectivity index (χ0) is 12.5. The van der Waals surface area contributed by atoms with Crippen molar-refractivity contribution in [2.24, 2.45) is 4.99 Å². The molecule has 5 heteroatoms. The molecular formula is C12H14ClN3O. The molecule has 0 aliphatic carbocycles. The third-order valence-electron chi connectivity index (χ3n) is 2.46. The van der Waals surface area contributed by atoms with Gasteiger partial charge in [-0.25, -0.2) is 4.79 Å². The first-order chi connectivity index (χ1) is 7.96. The molecule has 0 atom stereocenters. The molecule has 0 saturated carbocycles. The summed E-state index contributed by atoms with van der Waals surface area (Å²) in [6.07, 6.45) is 1.57. The van der Waals surface area contributed by atoms with Crippen LogP contribution < -0.4 is 5.32 Å². The Labute approximate surface area is 105 Å². The molecule has 1 aromatic rings. The highest BCUT2D eigenvalue weighted by atomic mass is 35.5. The predicted molar refractivity (Wildman–Crippen MR) is 69.7 cm³/mol. The number of halogens is 1. The van der Waals surface area contributed by atoms with Crippen LogP contribution in [0.4, 0.5) is 10.5 Å². The van der Waals surface area contributed by atoms with Crippen LogP contribution in [0, 0.1) is 0 Å². The molecule has 17 heavy (non-hydrogen) atoms. The molecule has 1 aliphatic rings. The van der Waals surface area contributed by atoms with Gasteiger partial charge in [0.05, 0.1) is 18.4 Å². The number of benzene rings is 1. The van der Waals surface area contributed by atoms with Gasteiger partial charge in [-0.2, -0.15) is 0 Å². The zero-order valence-electron chi connectivity index (χ0n) is 9.77. The van der Waals surface area contributed by atoms with Crippen LogP contribution in [-0.4, -0.2) is 29.4 Å². The first-order valence-corrected chi connectivity index (χ1v) is 5.73. The maximum absolute atomic E-state index is 11.9. The molecule has 90 valence electrons. The van der Waals surface area contributed by atoms with Crippen LogP contribution >= 0.6 is 11.6 Å². The van der Waals surface area contributed by atoms with Gasteiger partial charge in [-0.05, 0) is 38.1 Å². The van der Waals surface area contributed by atoms with Crippen LogP contribution in [0.1, 0.15) is 13.8 Å². The van der Waals surface area contributed by atoms with Crippen molar-refractivity contribution < 1.29 is 4.79 Å². The minimum atomic E-state index is -0.197. The number of nitrogens with one attached hydrogen (secondary N) is 1. The summed E-state index contributed by atoms with van der Waals surface area (Å²) in [7, 11) is 0. The van der Waals surface area contributed by atoms with Crippen LogP contribution in [-0.2, 0) is 0 Å². The molecular weight excluding hydrogens is 238 g/mol. The van der Waals surface area contributed by atoms with E-state index in [9.17, 15) is 4.79 Å². The Balaban J connectivity index is 1.99. The lowest BCUT2D eigenvalue weighted by molar-refractivity contribution is 0.233. The number of anilines is 1. The largest absolute Gasteiger partial charge is 0.327 e. The number of carbonyl (C=O) groups excluding carboxylic acids is 1. The van der Waals surface area contributed by atoms with Crippen molar-refractivity contribution in [3.05, 3.63) is 29.3 Å². The monoisotopic (exact) mass is 251 g/mol. The normalized spacial score (nSPS) is 17.2. The summed E-state index contributed by atoms with van der Waals surface area (Å²) in [5, 5.41) is 3.43. The molecule has 4 nitrogen and oxygen atoms in total. The smallest absolute Gasteiger partial charge is 0.308 e. The van der Waals surface area contributed by atoms with E-state index < -0.39 is 0 Å².